The highest BCUT2D eigenvalue weighted by molar-refractivity contribution is 7.79. The number of allylic oxidation sites excluding steroid dienone is 1. The van der Waals surface area contributed by atoms with E-state index in [1.807, 2.05) is 0 Å². The monoisotopic (exact) mass is 520 g/mol. The van der Waals surface area contributed by atoms with Gasteiger partial charge in [0, 0.05) is 33.3 Å². The van der Waals surface area contributed by atoms with Gasteiger partial charge in [-0.2, -0.15) is 12.6 Å². The Bertz CT molecular complexity index is 1930. The molecule has 0 aliphatic heterocycles. The average Bonchev–Trinajstić information content (AvgIpc) is 3.50. The molecule has 2 heterocycles. The third kappa shape index (κ3) is 3.81. The van der Waals surface area contributed by atoms with E-state index >= 15 is 0 Å². The van der Waals surface area contributed by atoms with Crippen molar-refractivity contribution in [1.29, 1.82) is 0 Å². The van der Waals surface area contributed by atoms with Crippen LogP contribution in [0.1, 0.15) is 18.2 Å². The van der Waals surface area contributed by atoms with E-state index in [9.17, 15) is 0 Å². The zero-order valence-electron chi connectivity index (χ0n) is 21.8. The Hall–Kier alpha value is -4.47. The molecule has 3 heteroatoms. The van der Waals surface area contributed by atoms with Gasteiger partial charge in [0.1, 0.15) is 0 Å². The summed E-state index contributed by atoms with van der Waals surface area (Å²) < 4.78 is 4.70. The van der Waals surface area contributed by atoms with Crippen molar-refractivity contribution in [3.63, 3.8) is 0 Å². The number of fused-ring (bicyclic) bond motifs is 4. The van der Waals surface area contributed by atoms with E-state index < -0.39 is 0 Å². The highest BCUT2D eigenvalue weighted by Gasteiger charge is 2.16. The normalized spacial score (nSPS) is 11.8. The Labute approximate surface area is 233 Å². The number of aromatic nitrogens is 2. The van der Waals surface area contributed by atoms with Crippen molar-refractivity contribution >= 4 is 51.4 Å². The molecular formula is C36H28N2S. The zero-order valence-corrected chi connectivity index (χ0v) is 22.6. The van der Waals surface area contributed by atoms with E-state index in [1.165, 1.54) is 60.8 Å². The number of para-hydroxylation sites is 3. The Morgan fingerprint density at radius 1 is 0.538 bits per heavy atom. The van der Waals surface area contributed by atoms with Crippen LogP contribution in [0.5, 0.6) is 0 Å². The van der Waals surface area contributed by atoms with Crippen LogP contribution in [0.3, 0.4) is 0 Å². The third-order valence-electron chi connectivity index (χ3n) is 7.67. The van der Waals surface area contributed by atoms with E-state index in [4.69, 9.17) is 0 Å². The number of nitrogens with zero attached hydrogens (tertiary/aromatic N) is 2. The Morgan fingerprint density at radius 3 is 1.46 bits per heavy atom. The van der Waals surface area contributed by atoms with Crippen LogP contribution in [0.25, 0.3) is 61.3 Å². The van der Waals surface area contributed by atoms with Gasteiger partial charge in [-0.3, -0.25) is 0 Å². The van der Waals surface area contributed by atoms with Gasteiger partial charge in [-0.15, -0.1) is 0 Å². The maximum absolute atomic E-state index is 4.66. The molecule has 0 unspecified atom stereocenters. The molecule has 0 saturated carbocycles. The third-order valence-corrected chi connectivity index (χ3v) is 7.98. The molecule has 0 spiro atoms. The molecule has 0 amide bonds. The van der Waals surface area contributed by atoms with Crippen molar-refractivity contribution in [1.82, 2.24) is 9.13 Å². The number of hydrogen-bond donors (Lipinski definition) is 1. The molecule has 2 aromatic heterocycles. The summed E-state index contributed by atoms with van der Waals surface area (Å²) in [5.74, 6) is 0.698. The fraction of sp³-hybridized carbons (Fsp3) is 0.0556. The second-order valence-corrected chi connectivity index (χ2v) is 10.2. The maximum Gasteiger partial charge on any atom is 0.0541 e. The maximum atomic E-state index is 4.66. The van der Waals surface area contributed by atoms with Gasteiger partial charge in [0.15, 0.2) is 0 Å². The fourth-order valence-corrected chi connectivity index (χ4v) is 6.24. The number of hydrogen-bond acceptors (Lipinski definition) is 1. The quantitative estimate of drug-likeness (QED) is 0.216. The van der Waals surface area contributed by atoms with E-state index in [1.54, 1.807) is 0 Å². The predicted molar refractivity (Wildman–Crippen MR) is 170 cm³/mol. The Balaban J connectivity index is 1.28. The fourth-order valence-electron chi connectivity index (χ4n) is 5.91. The Kier molecular flexibility index (Phi) is 5.87. The molecule has 0 aliphatic rings. The first-order valence-electron chi connectivity index (χ1n) is 13.3. The molecule has 188 valence electrons. The van der Waals surface area contributed by atoms with Crippen molar-refractivity contribution in [3.8, 4) is 22.5 Å². The number of thiol groups is 1. The van der Waals surface area contributed by atoms with Crippen LogP contribution in [-0.2, 0) is 5.75 Å². The Morgan fingerprint density at radius 2 is 0.974 bits per heavy atom. The lowest BCUT2D eigenvalue weighted by Crippen LogP contribution is -1.97. The summed E-state index contributed by atoms with van der Waals surface area (Å²) in [6.45, 7) is 2.07. The van der Waals surface area contributed by atoms with E-state index in [-0.39, 0.29) is 0 Å². The smallest absolute Gasteiger partial charge is 0.0541 e. The minimum atomic E-state index is 0.698. The lowest BCUT2D eigenvalue weighted by atomic mass is 10.0. The van der Waals surface area contributed by atoms with Crippen LogP contribution in [0, 0.1) is 0 Å². The molecule has 0 bridgehead atoms. The summed E-state index contributed by atoms with van der Waals surface area (Å²) in [7, 11) is 0. The van der Waals surface area contributed by atoms with Gasteiger partial charge in [-0.1, -0.05) is 84.9 Å². The van der Waals surface area contributed by atoms with Crippen molar-refractivity contribution in [3.05, 3.63) is 139 Å². The standard InChI is InChI=1S/C36H28N2S/c1-2-9-33-32(24-39)31-12-5-8-15-36(31)37(33)27-20-16-25(17-21-27)26-18-22-28(23-19-26)38-34-13-6-3-10-29(34)30-11-4-7-14-35(30)38/h2-23,39H,24H2,1H3/b9-2-. The summed E-state index contributed by atoms with van der Waals surface area (Å²) in [5, 5.41) is 3.82. The van der Waals surface area contributed by atoms with Crippen molar-refractivity contribution in [2.24, 2.45) is 0 Å². The van der Waals surface area contributed by atoms with Crippen LogP contribution < -0.4 is 0 Å². The van der Waals surface area contributed by atoms with Crippen molar-refractivity contribution in [2.75, 3.05) is 0 Å². The van der Waals surface area contributed by atoms with Gasteiger partial charge in [0.25, 0.3) is 0 Å². The predicted octanol–water partition coefficient (Wildman–Crippen LogP) is 9.86. The van der Waals surface area contributed by atoms with Crippen LogP contribution in [0.15, 0.2) is 127 Å². The molecule has 7 aromatic rings. The van der Waals surface area contributed by atoms with Crippen molar-refractivity contribution in [2.45, 2.75) is 12.7 Å². The van der Waals surface area contributed by atoms with E-state index in [0.29, 0.717) is 5.75 Å². The highest BCUT2D eigenvalue weighted by Crippen LogP contribution is 2.34. The second-order valence-electron chi connectivity index (χ2n) is 9.84. The van der Waals surface area contributed by atoms with E-state index in [2.05, 4.69) is 162 Å². The SMILES string of the molecule is C/C=C\c1c(CS)c2ccccc2n1-c1ccc(-c2ccc(-n3c4ccccc4c4ccccc43)cc2)cc1. The van der Waals surface area contributed by atoms with Gasteiger partial charge < -0.3 is 9.13 Å². The van der Waals surface area contributed by atoms with Gasteiger partial charge in [0.2, 0.25) is 0 Å². The molecule has 7 rings (SSSR count). The lowest BCUT2D eigenvalue weighted by molar-refractivity contribution is 1.09. The highest BCUT2D eigenvalue weighted by atomic mass is 32.1. The number of benzene rings is 5. The first kappa shape index (κ1) is 23.6. The van der Waals surface area contributed by atoms with Crippen molar-refractivity contribution < 1.29 is 0 Å². The molecular weight excluding hydrogens is 492 g/mol. The van der Waals surface area contributed by atoms with Gasteiger partial charge in [-0.25, -0.2) is 0 Å². The average molecular weight is 521 g/mol. The molecule has 39 heavy (non-hydrogen) atoms. The molecule has 2 nitrogen and oxygen atoms in total. The molecule has 5 aromatic carbocycles. The van der Waals surface area contributed by atoms with Gasteiger partial charge in [0.05, 0.1) is 22.2 Å². The summed E-state index contributed by atoms with van der Waals surface area (Å²) in [6.07, 6.45) is 4.29. The van der Waals surface area contributed by atoms with Crippen LogP contribution in [0.2, 0.25) is 0 Å². The molecule has 0 radical (unpaired) electrons. The first-order chi connectivity index (χ1) is 19.3. The summed E-state index contributed by atoms with van der Waals surface area (Å²) in [4.78, 5) is 0. The molecule has 0 N–H and O–H groups in total. The molecule has 0 fully saturated rings. The zero-order chi connectivity index (χ0) is 26.3. The molecule has 0 saturated heterocycles. The molecule has 0 aliphatic carbocycles. The van der Waals surface area contributed by atoms with E-state index in [0.717, 1.165) is 5.69 Å². The second kappa shape index (κ2) is 9.68. The summed E-state index contributed by atoms with van der Waals surface area (Å²) in [6, 6.07) is 43.7. The summed E-state index contributed by atoms with van der Waals surface area (Å²) in [5.41, 5.74) is 10.8. The minimum absolute atomic E-state index is 0.698. The van der Waals surface area contributed by atoms with Gasteiger partial charge >= 0.3 is 0 Å². The van der Waals surface area contributed by atoms with Crippen LogP contribution in [-0.4, -0.2) is 9.13 Å². The topological polar surface area (TPSA) is 9.86 Å². The van der Waals surface area contributed by atoms with Gasteiger partial charge in [-0.05, 0) is 72.2 Å². The summed E-state index contributed by atoms with van der Waals surface area (Å²) >= 11 is 4.66. The largest absolute Gasteiger partial charge is 0.310 e. The van der Waals surface area contributed by atoms with Crippen LogP contribution >= 0.6 is 12.6 Å². The molecule has 0 atom stereocenters. The first-order valence-corrected chi connectivity index (χ1v) is 14.0. The van der Waals surface area contributed by atoms with Crippen LogP contribution in [0.4, 0.5) is 0 Å². The lowest BCUT2D eigenvalue weighted by Gasteiger charge is -2.12. The minimum Gasteiger partial charge on any atom is -0.310 e. The number of rotatable bonds is 5.